The second kappa shape index (κ2) is 8.59. The Balaban J connectivity index is 1.91. The summed E-state index contributed by atoms with van der Waals surface area (Å²) < 4.78 is 1.81. The summed E-state index contributed by atoms with van der Waals surface area (Å²) in [5.41, 5.74) is 1.17. The molecule has 1 atom stereocenters. The van der Waals surface area contributed by atoms with Gasteiger partial charge in [0.1, 0.15) is 6.54 Å². The molecule has 6 nitrogen and oxygen atoms in total. The summed E-state index contributed by atoms with van der Waals surface area (Å²) in [5.74, 6) is -0.955. The van der Waals surface area contributed by atoms with Crippen molar-refractivity contribution in [2.75, 3.05) is 19.6 Å². The molecular formula is C22H29N3O3. The molecule has 1 aliphatic heterocycles. The van der Waals surface area contributed by atoms with Gasteiger partial charge in [-0.1, -0.05) is 18.2 Å². The van der Waals surface area contributed by atoms with Crippen LogP contribution in [0.5, 0.6) is 0 Å². The van der Waals surface area contributed by atoms with Crippen LogP contribution in [0.2, 0.25) is 0 Å². The summed E-state index contributed by atoms with van der Waals surface area (Å²) in [6, 6.07) is 7.70. The highest BCUT2D eigenvalue weighted by Gasteiger charge is 2.27. The number of rotatable bonds is 6. The Labute approximate surface area is 166 Å². The van der Waals surface area contributed by atoms with Crippen molar-refractivity contribution in [1.29, 1.82) is 0 Å². The Hall–Kier alpha value is -2.63. The molecule has 0 spiro atoms. The van der Waals surface area contributed by atoms with Gasteiger partial charge < -0.3 is 14.4 Å². The maximum absolute atomic E-state index is 12.9. The van der Waals surface area contributed by atoms with Gasteiger partial charge >= 0.3 is 0 Å². The van der Waals surface area contributed by atoms with Crippen LogP contribution in [0.4, 0.5) is 0 Å². The number of likely N-dealkylation sites (N-methyl/N-ethyl adjacent to an activating group) is 1. The van der Waals surface area contributed by atoms with Crippen LogP contribution >= 0.6 is 0 Å². The number of carbonyl (C=O) groups excluding carboxylic acids is 3. The number of aromatic nitrogens is 1. The van der Waals surface area contributed by atoms with E-state index in [1.165, 1.54) is 4.90 Å². The van der Waals surface area contributed by atoms with Crippen molar-refractivity contribution >= 4 is 28.5 Å². The summed E-state index contributed by atoms with van der Waals surface area (Å²) >= 11 is 0. The zero-order chi connectivity index (χ0) is 20.3. The minimum absolute atomic E-state index is 0.0574. The minimum atomic E-state index is -0.516. The Morgan fingerprint density at radius 3 is 2.50 bits per heavy atom. The summed E-state index contributed by atoms with van der Waals surface area (Å²) in [6.07, 6.45) is 4.88. The number of nitrogens with zero attached hydrogens (tertiary/aromatic N) is 3. The first kappa shape index (κ1) is 20.1. The van der Waals surface area contributed by atoms with E-state index in [1.807, 2.05) is 47.6 Å². The quantitative estimate of drug-likeness (QED) is 0.569. The largest absolute Gasteiger partial charge is 0.338 e. The SMILES string of the molecule is CCN(CC)C(=O)C(=O)c1cn(CC(=O)N2CCCCC2C)c2ccccc12. The lowest BCUT2D eigenvalue weighted by atomic mass is 10.0. The summed E-state index contributed by atoms with van der Waals surface area (Å²) in [6.45, 7) is 7.74. The summed E-state index contributed by atoms with van der Waals surface area (Å²) in [7, 11) is 0. The summed E-state index contributed by atoms with van der Waals surface area (Å²) in [4.78, 5) is 41.8. The van der Waals surface area contributed by atoms with Crippen LogP contribution < -0.4 is 0 Å². The Bertz CT molecular complexity index is 882. The van der Waals surface area contributed by atoms with Crippen LogP contribution in [0.1, 0.15) is 50.4 Å². The van der Waals surface area contributed by atoms with Gasteiger partial charge in [-0.25, -0.2) is 0 Å². The number of amides is 2. The standard InChI is InChI=1S/C22H29N3O3/c1-4-23(5-2)22(28)21(27)18-14-24(19-12-7-6-11-17(18)19)15-20(26)25-13-9-8-10-16(25)3/h6-7,11-12,14,16H,4-5,8-10,13,15H2,1-3H3. The van der Waals surface area contributed by atoms with Crippen LogP contribution in [0.15, 0.2) is 30.5 Å². The van der Waals surface area contributed by atoms with E-state index in [2.05, 4.69) is 6.92 Å². The number of Topliss-reactive ketones (excluding diaryl/α,β-unsaturated/α-hetero) is 1. The van der Waals surface area contributed by atoms with E-state index in [9.17, 15) is 14.4 Å². The Morgan fingerprint density at radius 1 is 1.11 bits per heavy atom. The molecule has 0 radical (unpaired) electrons. The average Bonchev–Trinajstić information content (AvgIpc) is 3.07. The molecule has 2 heterocycles. The molecule has 2 amide bonds. The van der Waals surface area contributed by atoms with Gasteiger partial charge in [0.15, 0.2) is 0 Å². The van der Waals surface area contributed by atoms with Gasteiger partial charge in [0, 0.05) is 42.8 Å². The zero-order valence-electron chi connectivity index (χ0n) is 17.0. The molecule has 0 N–H and O–H groups in total. The van der Waals surface area contributed by atoms with Crippen LogP contribution in [0.25, 0.3) is 10.9 Å². The molecule has 0 aliphatic carbocycles. The first-order chi connectivity index (χ1) is 13.5. The molecule has 6 heteroatoms. The molecule has 1 aromatic carbocycles. The number of para-hydroxylation sites is 1. The van der Waals surface area contributed by atoms with Gasteiger partial charge in [0.05, 0.1) is 5.56 Å². The third kappa shape index (κ3) is 3.81. The molecular weight excluding hydrogens is 354 g/mol. The molecule has 0 saturated carbocycles. The van der Waals surface area contributed by atoms with Crippen molar-refractivity contribution in [1.82, 2.24) is 14.4 Å². The molecule has 1 fully saturated rings. The number of piperidine rings is 1. The van der Waals surface area contributed by atoms with Crippen molar-refractivity contribution in [2.24, 2.45) is 0 Å². The van der Waals surface area contributed by atoms with E-state index in [-0.39, 0.29) is 18.5 Å². The molecule has 2 aromatic rings. The van der Waals surface area contributed by atoms with Crippen LogP contribution in [0, 0.1) is 0 Å². The fourth-order valence-electron chi connectivity index (χ4n) is 4.03. The second-order valence-corrected chi connectivity index (χ2v) is 7.43. The molecule has 1 aromatic heterocycles. The lowest BCUT2D eigenvalue weighted by Crippen LogP contribution is -2.43. The highest BCUT2D eigenvalue weighted by molar-refractivity contribution is 6.44. The smallest absolute Gasteiger partial charge is 0.295 e. The fourth-order valence-corrected chi connectivity index (χ4v) is 4.03. The van der Waals surface area contributed by atoms with E-state index in [1.54, 1.807) is 6.20 Å². The Morgan fingerprint density at radius 2 is 1.82 bits per heavy atom. The number of fused-ring (bicyclic) bond motifs is 1. The molecule has 0 bridgehead atoms. The van der Waals surface area contributed by atoms with Crippen molar-refractivity contribution in [3.05, 3.63) is 36.0 Å². The zero-order valence-corrected chi connectivity index (χ0v) is 17.0. The van der Waals surface area contributed by atoms with Crippen LogP contribution in [-0.4, -0.2) is 57.6 Å². The molecule has 3 rings (SSSR count). The molecule has 1 aliphatic rings. The maximum Gasteiger partial charge on any atom is 0.295 e. The van der Waals surface area contributed by atoms with E-state index < -0.39 is 11.7 Å². The van der Waals surface area contributed by atoms with E-state index in [0.29, 0.717) is 24.0 Å². The lowest BCUT2D eigenvalue weighted by molar-refractivity contribution is -0.135. The average molecular weight is 383 g/mol. The van der Waals surface area contributed by atoms with E-state index in [0.717, 1.165) is 31.3 Å². The maximum atomic E-state index is 12.9. The van der Waals surface area contributed by atoms with E-state index in [4.69, 9.17) is 0 Å². The number of hydrogen-bond acceptors (Lipinski definition) is 3. The minimum Gasteiger partial charge on any atom is -0.338 e. The van der Waals surface area contributed by atoms with E-state index >= 15 is 0 Å². The number of carbonyl (C=O) groups is 3. The van der Waals surface area contributed by atoms with Gasteiger partial charge in [0.25, 0.3) is 11.7 Å². The molecule has 1 saturated heterocycles. The number of likely N-dealkylation sites (tertiary alicyclic amines) is 1. The summed E-state index contributed by atoms with van der Waals surface area (Å²) in [5, 5.41) is 0.715. The van der Waals surface area contributed by atoms with Crippen LogP contribution in [0.3, 0.4) is 0 Å². The number of hydrogen-bond donors (Lipinski definition) is 0. The Kier molecular flexibility index (Phi) is 6.17. The van der Waals surface area contributed by atoms with Crippen molar-refractivity contribution in [2.45, 2.75) is 52.6 Å². The third-order valence-corrected chi connectivity index (χ3v) is 5.71. The highest BCUT2D eigenvalue weighted by Crippen LogP contribution is 2.24. The number of ketones is 1. The molecule has 28 heavy (non-hydrogen) atoms. The van der Waals surface area contributed by atoms with Crippen molar-refractivity contribution in [3.8, 4) is 0 Å². The third-order valence-electron chi connectivity index (χ3n) is 5.71. The highest BCUT2D eigenvalue weighted by atomic mass is 16.2. The first-order valence-corrected chi connectivity index (χ1v) is 10.2. The molecule has 1 unspecified atom stereocenters. The van der Waals surface area contributed by atoms with Gasteiger partial charge in [-0.15, -0.1) is 0 Å². The number of benzene rings is 1. The normalized spacial score (nSPS) is 17.0. The molecule has 150 valence electrons. The van der Waals surface area contributed by atoms with Gasteiger partial charge in [-0.2, -0.15) is 0 Å². The van der Waals surface area contributed by atoms with Crippen molar-refractivity contribution < 1.29 is 14.4 Å². The fraction of sp³-hybridized carbons (Fsp3) is 0.500. The van der Waals surface area contributed by atoms with Crippen LogP contribution in [-0.2, 0) is 16.1 Å². The first-order valence-electron chi connectivity index (χ1n) is 10.2. The monoisotopic (exact) mass is 383 g/mol. The van der Waals surface area contributed by atoms with Gasteiger partial charge in [0.2, 0.25) is 5.91 Å². The topological polar surface area (TPSA) is 62.6 Å². The van der Waals surface area contributed by atoms with Gasteiger partial charge in [-0.3, -0.25) is 14.4 Å². The predicted molar refractivity (Wildman–Crippen MR) is 109 cm³/mol. The second-order valence-electron chi connectivity index (χ2n) is 7.43. The lowest BCUT2D eigenvalue weighted by Gasteiger charge is -2.33. The van der Waals surface area contributed by atoms with Crippen molar-refractivity contribution in [3.63, 3.8) is 0 Å². The predicted octanol–water partition coefficient (Wildman–Crippen LogP) is 3.09. The van der Waals surface area contributed by atoms with Gasteiger partial charge in [-0.05, 0) is 46.1 Å².